The van der Waals surface area contributed by atoms with Crippen molar-refractivity contribution in [2.24, 2.45) is 0 Å². The van der Waals surface area contributed by atoms with E-state index in [-0.39, 0.29) is 17.4 Å². The zero-order chi connectivity index (χ0) is 13.9. The van der Waals surface area contributed by atoms with E-state index in [0.29, 0.717) is 5.56 Å². The Labute approximate surface area is 110 Å². The van der Waals surface area contributed by atoms with Crippen LogP contribution in [0.3, 0.4) is 0 Å². The van der Waals surface area contributed by atoms with E-state index in [9.17, 15) is 9.18 Å². The first kappa shape index (κ1) is 14.7. The second-order valence-electron chi connectivity index (χ2n) is 4.88. The van der Waals surface area contributed by atoms with Gasteiger partial charge in [0.1, 0.15) is 16.6 Å². The summed E-state index contributed by atoms with van der Waals surface area (Å²) in [6, 6.07) is 1.28. The number of nitrogens with one attached hydrogen (secondary N) is 1. The number of halogens is 2. The summed E-state index contributed by atoms with van der Waals surface area (Å²) in [6.45, 7) is 6.82. The molecule has 0 bridgehead atoms. The van der Waals surface area contributed by atoms with Crippen LogP contribution >= 0.6 is 11.6 Å². The Kier molecular flexibility index (Phi) is 4.51. The van der Waals surface area contributed by atoms with Crippen LogP contribution in [0.2, 0.25) is 5.15 Å². The molecule has 0 aliphatic rings. The summed E-state index contributed by atoms with van der Waals surface area (Å²) in [7, 11) is 0. The number of amides is 1. The smallest absolute Gasteiger partial charge is 0.407 e. The van der Waals surface area contributed by atoms with Gasteiger partial charge in [0.05, 0.1) is 12.2 Å². The minimum atomic E-state index is -0.625. The predicted molar refractivity (Wildman–Crippen MR) is 67.0 cm³/mol. The molecular weight excluding hydrogens is 259 g/mol. The van der Waals surface area contributed by atoms with Gasteiger partial charge in [0.15, 0.2) is 0 Å². The largest absolute Gasteiger partial charge is 0.444 e. The molecule has 0 aliphatic heterocycles. The molecule has 0 aliphatic carbocycles. The van der Waals surface area contributed by atoms with Crippen LogP contribution in [0.1, 0.15) is 32.0 Å². The molecule has 0 saturated heterocycles. The lowest BCUT2D eigenvalue weighted by atomic mass is 10.2. The lowest BCUT2D eigenvalue weighted by Gasteiger charge is -2.19. The van der Waals surface area contributed by atoms with Gasteiger partial charge in [0.25, 0.3) is 0 Å². The first-order chi connectivity index (χ1) is 8.19. The van der Waals surface area contributed by atoms with Gasteiger partial charge in [-0.1, -0.05) is 11.6 Å². The number of hydrogen-bond acceptors (Lipinski definition) is 3. The van der Waals surface area contributed by atoms with Crippen molar-refractivity contribution in [1.82, 2.24) is 10.3 Å². The number of ether oxygens (including phenoxy) is 1. The summed E-state index contributed by atoms with van der Waals surface area (Å²) in [5.74, 6) is -0.507. The zero-order valence-electron chi connectivity index (χ0n) is 10.8. The molecule has 0 spiro atoms. The highest BCUT2D eigenvalue weighted by atomic mass is 35.5. The zero-order valence-corrected chi connectivity index (χ0v) is 11.6. The minimum absolute atomic E-state index is 0.0687. The summed E-state index contributed by atoms with van der Waals surface area (Å²) in [4.78, 5) is 15.2. The van der Waals surface area contributed by atoms with Crippen LogP contribution in [0.4, 0.5) is 9.18 Å². The highest BCUT2D eigenvalue weighted by Gasteiger charge is 2.16. The van der Waals surface area contributed by atoms with Crippen LogP contribution in [-0.2, 0) is 11.3 Å². The molecule has 0 atom stereocenters. The van der Waals surface area contributed by atoms with Crippen LogP contribution in [0.15, 0.2) is 6.07 Å². The summed E-state index contributed by atoms with van der Waals surface area (Å²) in [5, 5.41) is 2.64. The average Bonchev–Trinajstić information content (AvgIpc) is 2.19. The second kappa shape index (κ2) is 5.52. The molecule has 1 heterocycles. The van der Waals surface area contributed by atoms with Crippen molar-refractivity contribution in [2.75, 3.05) is 0 Å². The number of aromatic nitrogens is 1. The molecule has 0 radical (unpaired) electrons. The van der Waals surface area contributed by atoms with Crippen molar-refractivity contribution in [2.45, 2.75) is 39.8 Å². The molecule has 1 N–H and O–H groups in total. The number of nitrogens with zero attached hydrogens (tertiary/aromatic N) is 1. The molecule has 100 valence electrons. The molecule has 0 unspecified atom stereocenters. The summed E-state index contributed by atoms with van der Waals surface area (Å²) in [5.41, 5.74) is 0.0349. The molecule has 1 rings (SSSR count). The number of alkyl carbamates (subject to hydrolysis) is 1. The van der Waals surface area contributed by atoms with Gasteiger partial charge in [-0.3, -0.25) is 0 Å². The van der Waals surface area contributed by atoms with Crippen LogP contribution < -0.4 is 5.32 Å². The van der Waals surface area contributed by atoms with Crippen LogP contribution in [0.25, 0.3) is 0 Å². The Morgan fingerprint density at radius 2 is 2.17 bits per heavy atom. The van der Waals surface area contributed by atoms with E-state index in [1.807, 2.05) is 0 Å². The first-order valence-corrected chi connectivity index (χ1v) is 5.85. The summed E-state index contributed by atoms with van der Waals surface area (Å²) < 4.78 is 18.5. The van der Waals surface area contributed by atoms with E-state index >= 15 is 0 Å². The van der Waals surface area contributed by atoms with Gasteiger partial charge in [-0.25, -0.2) is 14.2 Å². The van der Waals surface area contributed by atoms with Gasteiger partial charge in [-0.15, -0.1) is 0 Å². The Balaban J connectivity index is 2.64. The topological polar surface area (TPSA) is 51.2 Å². The molecular formula is C12H16ClFN2O2. The third kappa shape index (κ3) is 4.49. The van der Waals surface area contributed by atoms with Crippen LogP contribution in [-0.4, -0.2) is 16.7 Å². The quantitative estimate of drug-likeness (QED) is 0.843. The summed E-state index contributed by atoms with van der Waals surface area (Å²) >= 11 is 5.79. The standard InChI is InChI=1S/C12H16ClFN2O2/c1-7-5-8(14)9(16-10(7)13)6-15-11(17)18-12(2,3)4/h5H,6H2,1-4H3,(H,15,17). The number of aryl methyl sites for hydroxylation is 1. The maximum atomic E-state index is 13.5. The summed E-state index contributed by atoms with van der Waals surface area (Å²) in [6.07, 6.45) is -0.625. The molecule has 1 aromatic heterocycles. The molecule has 0 saturated carbocycles. The molecule has 1 amide bonds. The number of rotatable bonds is 2. The lowest BCUT2D eigenvalue weighted by Crippen LogP contribution is -2.32. The van der Waals surface area contributed by atoms with Crippen molar-refractivity contribution in [1.29, 1.82) is 0 Å². The first-order valence-electron chi connectivity index (χ1n) is 5.47. The van der Waals surface area contributed by atoms with Gasteiger partial charge in [-0.05, 0) is 39.3 Å². The molecule has 1 aromatic rings. The number of hydrogen-bond donors (Lipinski definition) is 1. The average molecular weight is 275 g/mol. The van der Waals surface area contributed by atoms with Crippen molar-refractivity contribution < 1.29 is 13.9 Å². The maximum absolute atomic E-state index is 13.5. The fraction of sp³-hybridized carbons (Fsp3) is 0.500. The fourth-order valence-electron chi connectivity index (χ4n) is 1.19. The number of carbonyl (C=O) groups is 1. The third-order valence-corrected chi connectivity index (χ3v) is 2.36. The Hall–Kier alpha value is -1.36. The van der Waals surface area contributed by atoms with Crippen LogP contribution in [0, 0.1) is 12.7 Å². The van der Waals surface area contributed by atoms with Crippen molar-refractivity contribution in [3.63, 3.8) is 0 Å². The van der Waals surface area contributed by atoms with Gasteiger partial charge >= 0.3 is 6.09 Å². The molecule has 18 heavy (non-hydrogen) atoms. The lowest BCUT2D eigenvalue weighted by molar-refractivity contribution is 0.0522. The Morgan fingerprint density at radius 1 is 1.56 bits per heavy atom. The molecule has 0 aromatic carbocycles. The van der Waals surface area contributed by atoms with Gasteiger partial charge < -0.3 is 10.1 Å². The van der Waals surface area contributed by atoms with E-state index in [1.54, 1.807) is 27.7 Å². The van der Waals surface area contributed by atoms with Gasteiger partial charge in [-0.2, -0.15) is 0 Å². The van der Waals surface area contributed by atoms with E-state index in [2.05, 4.69) is 10.3 Å². The van der Waals surface area contributed by atoms with E-state index in [4.69, 9.17) is 16.3 Å². The SMILES string of the molecule is Cc1cc(F)c(CNC(=O)OC(C)(C)C)nc1Cl. The minimum Gasteiger partial charge on any atom is -0.444 e. The number of pyridine rings is 1. The highest BCUT2D eigenvalue weighted by molar-refractivity contribution is 6.30. The number of carbonyl (C=O) groups excluding carboxylic acids is 1. The third-order valence-electron chi connectivity index (χ3n) is 1.98. The van der Waals surface area contributed by atoms with Crippen molar-refractivity contribution in [3.05, 3.63) is 28.3 Å². The van der Waals surface area contributed by atoms with Gasteiger partial charge in [0, 0.05) is 0 Å². The monoisotopic (exact) mass is 274 g/mol. The van der Waals surface area contributed by atoms with E-state index < -0.39 is 17.5 Å². The molecule has 0 fully saturated rings. The Morgan fingerprint density at radius 3 is 2.72 bits per heavy atom. The highest BCUT2D eigenvalue weighted by Crippen LogP contribution is 2.16. The Bertz CT molecular complexity index is 458. The van der Waals surface area contributed by atoms with Crippen LogP contribution in [0.5, 0.6) is 0 Å². The molecule has 6 heteroatoms. The second-order valence-corrected chi connectivity index (χ2v) is 5.24. The van der Waals surface area contributed by atoms with E-state index in [1.165, 1.54) is 6.07 Å². The fourth-order valence-corrected chi connectivity index (χ4v) is 1.34. The maximum Gasteiger partial charge on any atom is 0.407 e. The van der Waals surface area contributed by atoms with Crippen molar-refractivity contribution >= 4 is 17.7 Å². The molecule has 4 nitrogen and oxygen atoms in total. The predicted octanol–water partition coefficient (Wildman–Crippen LogP) is 3.21. The van der Waals surface area contributed by atoms with Crippen molar-refractivity contribution in [3.8, 4) is 0 Å². The van der Waals surface area contributed by atoms with E-state index in [0.717, 1.165) is 0 Å². The normalized spacial score (nSPS) is 11.2. The van der Waals surface area contributed by atoms with Gasteiger partial charge in [0.2, 0.25) is 0 Å².